The summed E-state index contributed by atoms with van der Waals surface area (Å²) in [5, 5.41) is 8.57. The molecule has 100 valence electrons. The number of carboxylic acids is 1. The zero-order chi connectivity index (χ0) is 13.5. The number of carbonyl (C=O) groups is 1. The van der Waals surface area contributed by atoms with Gasteiger partial charge in [0.05, 0.1) is 0 Å². The van der Waals surface area contributed by atoms with Crippen LogP contribution in [-0.2, 0) is 11.3 Å². The summed E-state index contributed by atoms with van der Waals surface area (Å²) in [4.78, 5) is 12.7. The second-order valence-electron chi connectivity index (χ2n) is 5.02. The fourth-order valence-corrected chi connectivity index (χ4v) is 2.00. The predicted molar refractivity (Wildman–Crippen MR) is 73.7 cm³/mol. The highest BCUT2D eigenvalue weighted by Crippen LogP contribution is 2.13. The van der Waals surface area contributed by atoms with Crippen molar-refractivity contribution in [1.29, 1.82) is 0 Å². The molecule has 0 bridgehead atoms. The molecule has 0 spiro atoms. The molecule has 3 nitrogen and oxygen atoms in total. The highest BCUT2D eigenvalue weighted by molar-refractivity contribution is 5.66. The second kappa shape index (κ2) is 7.17. The van der Waals surface area contributed by atoms with Gasteiger partial charge in [-0.2, -0.15) is 0 Å². The summed E-state index contributed by atoms with van der Waals surface area (Å²) in [5.41, 5.74) is 3.96. The number of hydrogen-bond donors (Lipinski definition) is 1. The first kappa shape index (κ1) is 14.7. The maximum Gasteiger partial charge on any atom is 0.303 e. The Bertz CT molecular complexity index is 401. The van der Waals surface area contributed by atoms with E-state index < -0.39 is 5.97 Å². The number of carboxylic acid groups (broad SMARTS) is 1. The van der Waals surface area contributed by atoms with Gasteiger partial charge in [-0.1, -0.05) is 23.8 Å². The lowest BCUT2D eigenvalue weighted by molar-refractivity contribution is -0.137. The highest BCUT2D eigenvalue weighted by Gasteiger charge is 2.04. The molecule has 1 N–H and O–H groups in total. The molecule has 1 aromatic carbocycles. The van der Waals surface area contributed by atoms with Gasteiger partial charge in [-0.25, -0.2) is 0 Å². The number of aryl methyl sites for hydroxylation is 2. The van der Waals surface area contributed by atoms with Gasteiger partial charge >= 0.3 is 5.97 Å². The van der Waals surface area contributed by atoms with Gasteiger partial charge in [0.25, 0.3) is 0 Å². The van der Waals surface area contributed by atoms with Crippen LogP contribution in [0.5, 0.6) is 0 Å². The minimum absolute atomic E-state index is 0.275. The van der Waals surface area contributed by atoms with E-state index in [1.54, 1.807) is 0 Å². The SMILES string of the molecule is Cc1ccc(C)c(CN(C)CCCCC(=O)O)c1. The third-order valence-electron chi connectivity index (χ3n) is 3.13. The van der Waals surface area contributed by atoms with Crippen LogP contribution in [0.2, 0.25) is 0 Å². The van der Waals surface area contributed by atoms with Crippen LogP contribution in [0.4, 0.5) is 0 Å². The van der Waals surface area contributed by atoms with Crippen molar-refractivity contribution in [2.45, 2.75) is 39.7 Å². The molecule has 1 aromatic rings. The van der Waals surface area contributed by atoms with Crippen LogP contribution < -0.4 is 0 Å². The Morgan fingerprint density at radius 2 is 2.00 bits per heavy atom. The van der Waals surface area contributed by atoms with E-state index in [2.05, 4.69) is 44.0 Å². The highest BCUT2D eigenvalue weighted by atomic mass is 16.4. The van der Waals surface area contributed by atoms with Crippen LogP contribution in [0, 0.1) is 13.8 Å². The van der Waals surface area contributed by atoms with E-state index in [1.165, 1.54) is 16.7 Å². The molecule has 1 rings (SSSR count). The zero-order valence-electron chi connectivity index (χ0n) is 11.6. The van der Waals surface area contributed by atoms with Gasteiger partial charge in [-0.15, -0.1) is 0 Å². The summed E-state index contributed by atoms with van der Waals surface area (Å²) in [6.07, 6.45) is 1.97. The largest absolute Gasteiger partial charge is 0.481 e. The molecule has 0 saturated carbocycles. The smallest absolute Gasteiger partial charge is 0.303 e. The predicted octanol–water partition coefficient (Wildman–Crippen LogP) is 2.99. The third kappa shape index (κ3) is 5.32. The summed E-state index contributed by atoms with van der Waals surface area (Å²) >= 11 is 0. The van der Waals surface area contributed by atoms with Gasteiger partial charge in [0.15, 0.2) is 0 Å². The topological polar surface area (TPSA) is 40.5 Å². The monoisotopic (exact) mass is 249 g/mol. The Morgan fingerprint density at radius 1 is 1.28 bits per heavy atom. The molecule has 0 amide bonds. The lowest BCUT2D eigenvalue weighted by atomic mass is 10.1. The molecule has 0 fully saturated rings. The number of rotatable bonds is 7. The van der Waals surface area contributed by atoms with E-state index in [1.807, 2.05) is 0 Å². The van der Waals surface area contributed by atoms with Crippen LogP contribution in [0.3, 0.4) is 0 Å². The van der Waals surface area contributed by atoms with Gasteiger partial charge < -0.3 is 10.0 Å². The molecule has 0 radical (unpaired) electrons. The number of hydrogen-bond acceptors (Lipinski definition) is 2. The lowest BCUT2D eigenvalue weighted by Gasteiger charge is -2.18. The quantitative estimate of drug-likeness (QED) is 0.755. The number of aliphatic carboxylic acids is 1. The molecule has 0 unspecified atom stereocenters. The van der Waals surface area contributed by atoms with Crippen LogP contribution in [0.1, 0.15) is 36.0 Å². The molecular formula is C15H23NO2. The lowest BCUT2D eigenvalue weighted by Crippen LogP contribution is -2.20. The van der Waals surface area contributed by atoms with Crippen molar-refractivity contribution in [2.75, 3.05) is 13.6 Å². The zero-order valence-corrected chi connectivity index (χ0v) is 11.6. The van der Waals surface area contributed by atoms with E-state index in [4.69, 9.17) is 5.11 Å². The average Bonchev–Trinajstić information content (AvgIpc) is 2.29. The molecule has 0 aliphatic carbocycles. The van der Waals surface area contributed by atoms with Crippen molar-refractivity contribution in [3.05, 3.63) is 34.9 Å². The number of unbranched alkanes of at least 4 members (excludes halogenated alkanes) is 1. The first-order valence-electron chi connectivity index (χ1n) is 6.45. The first-order chi connectivity index (χ1) is 8.49. The van der Waals surface area contributed by atoms with Crippen molar-refractivity contribution in [3.8, 4) is 0 Å². The van der Waals surface area contributed by atoms with Crippen molar-refractivity contribution in [3.63, 3.8) is 0 Å². The molecule has 0 aliphatic rings. The van der Waals surface area contributed by atoms with Gasteiger partial charge in [-0.3, -0.25) is 4.79 Å². The fourth-order valence-electron chi connectivity index (χ4n) is 2.00. The average molecular weight is 249 g/mol. The molecular weight excluding hydrogens is 226 g/mol. The Balaban J connectivity index is 2.37. The number of nitrogens with zero attached hydrogens (tertiary/aromatic N) is 1. The van der Waals surface area contributed by atoms with Crippen LogP contribution in [-0.4, -0.2) is 29.6 Å². The van der Waals surface area contributed by atoms with E-state index in [9.17, 15) is 4.79 Å². The Kier molecular flexibility index (Phi) is 5.86. The molecule has 18 heavy (non-hydrogen) atoms. The summed E-state index contributed by atoms with van der Waals surface area (Å²) < 4.78 is 0. The van der Waals surface area contributed by atoms with E-state index in [-0.39, 0.29) is 6.42 Å². The van der Waals surface area contributed by atoms with E-state index in [0.717, 1.165) is 25.9 Å². The van der Waals surface area contributed by atoms with Gasteiger partial charge in [0.1, 0.15) is 0 Å². The standard InChI is InChI=1S/C15H23NO2/c1-12-7-8-13(2)14(10-12)11-16(3)9-5-4-6-15(17)18/h7-8,10H,4-6,9,11H2,1-3H3,(H,17,18). The van der Waals surface area contributed by atoms with Crippen molar-refractivity contribution in [2.24, 2.45) is 0 Å². The summed E-state index contributed by atoms with van der Waals surface area (Å²) in [5.74, 6) is -0.702. The summed E-state index contributed by atoms with van der Waals surface area (Å²) in [6.45, 7) is 6.12. The maximum atomic E-state index is 10.4. The van der Waals surface area contributed by atoms with Gasteiger partial charge in [0.2, 0.25) is 0 Å². The summed E-state index contributed by atoms with van der Waals surface area (Å²) in [7, 11) is 2.09. The Hall–Kier alpha value is -1.35. The molecule has 0 aromatic heterocycles. The first-order valence-corrected chi connectivity index (χ1v) is 6.45. The van der Waals surface area contributed by atoms with Gasteiger partial charge in [-0.05, 0) is 51.4 Å². The minimum Gasteiger partial charge on any atom is -0.481 e. The van der Waals surface area contributed by atoms with Crippen molar-refractivity contribution in [1.82, 2.24) is 4.90 Å². The molecule has 0 heterocycles. The molecule has 0 atom stereocenters. The third-order valence-corrected chi connectivity index (χ3v) is 3.13. The second-order valence-corrected chi connectivity index (χ2v) is 5.02. The normalized spacial score (nSPS) is 10.9. The Labute approximate surface area is 109 Å². The molecule has 3 heteroatoms. The van der Waals surface area contributed by atoms with Crippen LogP contribution in [0.15, 0.2) is 18.2 Å². The van der Waals surface area contributed by atoms with E-state index >= 15 is 0 Å². The molecule has 0 aliphatic heterocycles. The minimum atomic E-state index is -0.702. The Morgan fingerprint density at radius 3 is 2.67 bits per heavy atom. The molecule has 0 saturated heterocycles. The van der Waals surface area contributed by atoms with Gasteiger partial charge in [0, 0.05) is 13.0 Å². The fraction of sp³-hybridized carbons (Fsp3) is 0.533. The maximum absolute atomic E-state index is 10.4. The van der Waals surface area contributed by atoms with Crippen LogP contribution in [0.25, 0.3) is 0 Å². The van der Waals surface area contributed by atoms with Crippen LogP contribution >= 0.6 is 0 Å². The van der Waals surface area contributed by atoms with Crippen molar-refractivity contribution >= 4 is 5.97 Å². The van der Waals surface area contributed by atoms with Crippen molar-refractivity contribution < 1.29 is 9.90 Å². The number of benzene rings is 1. The van der Waals surface area contributed by atoms with E-state index in [0.29, 0.717) is 0 Å². The summed E-state index contributed by atoms with van der Waals surface area (Å²) in [6, 6.07) is 6.51.